The maximum atomic E-state index is 12.4. The topological polar surface area (TPSA) is 35.5 Å². The van der Waals surface area contributed by atoms with Crippen molar-refractivity contribution in [3.05, 3.63) is 69.2 Å². The van der Waals surface area contributed by atoms with Crippen molar-refractivity contribution in [1.29, 1.82) is 0 Å². The van der Waals surface area contributed by atoms with Crippen LogP contribution in [0.1, 0.15) is 27.8 Å². The van der Waals surface area contributed by atoms with Crippen LogP contribution in [0.25, 0.3) is 0 Å². The summed E-state index contributed by atoms with van der Waals surface area (Å²) in [5.41, 5.74) is 1.99. The van der Waals surface area contributed by atoms with Crippen LogP contribution < -0.4 is 0 Å². The second-order valence-corrected chi connectivity index (χ2v) is 5.47. The summed E-state index contributed by atoms with van der Waals surface area (Å²) in [6, 6.07) is 12.0. The van der Waals surface area contributed by atoms with E-state index in [1.165, 1.54) is 0 Å². The molecule has 1 fully saturated rings. The number of carbonyl (C=O) groups excluding carboxylic acids is 1. The van der Waals surface area contributed by atoms with Crippen molar-refractivity contribution in [2.75, 3.05) is 13.2 Å². The van der Waals surface area contributed by atoms with Crippen molar-refractivity contribution in [2.24, 2.45) is 0 Å². The van der Waals surface area contributed by atoms with Crippen LogP contribution in [0.5, 0.6) is 0 Å². The molecule has 0 atom stereocenters. The SMILES string of the molecule is O=C(c1ccc(C2OCCO2)cc1)c1ccc(Cl)c(Cl)c1. The first-order valence-corrected chi connectivity index (χ1v) is 7.23. The molecule has 1 heterocycles. The first-order chi connectivity index (χ1) is 10.1. The molecule has 0 saturated carbocycles. The highest BCUT2D eigenvalue weighted by Crippen LogP contribution is 2.26. The molecule has 108 valence electrons. The lowest BCUT2D eigenvalue weighted by atomic mass is 10.0. The lowest BCUT2D eigenvalue weighted by Crippen LogP contribution is -2.03. The summed E-state index contributed by atoms with van der Waals surface area (Å²) in [4.78, 5) is 12.4. The molecule has 0 aliphatic carbocycles. The maximum absolute atomic E-state index is 12.4. The summed E-state index contributed by atoms with van der Waals surface area (Å²) in [5, 5.41) is 0.797. The van der Waals surface area contributed by atoms with Gasteiger partial charge in [0.15, 0.2) is 12.1 Å². The molecule has 21 heavy (non-hydrogen) atoms. The van der Waals surface area contributed by atoms with E-state index in [9.17, 15) is 4.79 Å². The number of hydrogen-bond acceptors (Lipinski definition) is 3. The highest BCUT2D eigenvalue weighted by molar-refractivity contribution is 6.42. The molecule has 0 bridgehead atoms. The summed E-state index contributed by atoms with van der Waals surface area (Å²) >= 11 is 11.8. The number of ketones is 1. The highest BCUT2D eigenvalue weighted by atomic mass is 35.5. The van der Waals surface area contributed by atoms with Crippen LogP contribution >= 0.6 is 23.2 Å². The Morgan fingerprint density at radius 3 is 2.14 bits per heavy atom. The molecule has 1 aliphatic heterocycles. The van der Waals surface area contributed by atoms with Crippen LogP contribution in [0, 0.1) is 0 Å². The van der Waals surface area contributed by atoms with Gasteiger partial charge in [-0.1, -0.05) is 47.5 Å². The standard InChI is InChI=1S/C16H12Cl2O3/c17-13-6-5-12(9-14(13)18)15(19)10-1-3-11(4-2-10)16-20-7-8-21-16/h1-6,9,16H,7-8H2. The second kappa shape index (κ2) is 6.16. The minimum absolute atomic E-state index is 0.103. The normalized spacial score (nSPS) is 15.3. The van der Waals surface area contributed by atoms with Gasteiger partial charge in [0.05, 0.1) is 23.3 Å². The van der Waals surface area contributed by atoms with Crippen LogP contribution in [0.2, 0.25) is 10.0 Å². The zero-order valence-corrected chi connectivity index (χ0v) is 12.5. The second-order valence-electron chi connectivity index (χ2n) is 4.65. The molecule has 0 spiro atoms. The molecule has 0 amide bonds. The van der Waals surface area contributed by atoms with Gasteiger partial charge < -0.3 is 9.47 Å². The zero-order valence-electron chi connectivity index (χ0n) is 11.0. The Hall–Kier alpha value is -1.39. The third kappa shape index (κ3) is 3.11. The number of ether oxygens (including phenoxy) is 2. The first-order valence-electron chi connectivity index (χ1n) is 6.48. The number of benzene rings is 2. The van der Waals surface area contributed by atoms with Gasteiger partial charge in [0, 0.05) is 16.7 Å². The van der Waals surface area contributed by atoms with Gasteiger partial charge in [-0.15, -0.1) is 0 Å². The van der Waals surface area contributed by atoms with Gasteiger partial charge in [0.2, 0.25) is 0 Å². The Morgan fingerprint density at radius 2 is 1.52 bits per heavy atom. The van der Waals surface area contributed by atoms with Crippen molar-refractivity contribution >= 4 is 29.0 Å². The zero-order chi connectivity index (χ0) is 14.8. The monoisotopic (exact) mass is 322 g/mol. The van der Waals surface area contributed by atoms with Crippen LogP contribution in [-0.4, -0.2) is 19.0 Å². The fraction of sp³-hybridized carbons (Fsp3) is 0.188. The van der Waals surface area contributed by atoms with Crippen molar-refractivity contribution in [2.45, 2.75) is 6.29 Å². The van der Waals surface area contributed by atoms with Crippen LogP contribution in [0.4, 0.5) is 0 Å². The van der Waals surface area contributed by atoms with Gasteiger partial charge in [-0.3, -0.25) is 4.79 Å². The average molecular weight is 323 g/mol. The molecule has 1 saturated heterocycles. The van der Waals surface area contributed by atoms with Crippen molar-refractivity contribution in [1.82, 2.24) is 0 Å². The van der Waals surface area contributed by atoms with Crippen molar-refractivity contribution in [3.8, 4) is 0 Å². The Balaban J connectivity index is 1.82. The van der Waals surface area contributed by atoms with Gasteiger partial charge in [0.1, 0.15) is 0 Å². The smallest absolute Gasteiger partial charge is 0.193 e. The number of carbonyl (C=O) groups is 1. The Bertz CT molecular complexity index is 662. The van der Waals surface area contributed by atoms with E-state index in [1.54, 1.807) is 30.3 Å². The van der Waals surface area contributed by atoms with E-state index in [0.29, 0.717) is 34.4 Å². The summed E-state index contributed by atoms with van der Waals surface area (Å²) in [5.74, 6) is -0.103. The van der Waals surface area contributed by atoms with Gasteiger partial charge >= 0.3 is 0 Å². The summed E-state index contributed by atoms with van der Waals surface area (Å²) in [7, 11) is 0. The Labute approximate surface area is 132 Å². The molecular weight excluding hydrogens is 311 g/mol. The maximum Gasteiger partial charge on any atom is 0.193 e. The van der Waals surface area contributed by atoms with Crippen LogP contribution in [-0.2, 0) is 9.47 Å². The van der Waals surface area contributed by atoms with E-state index >= 15 is 0 Å². The largest absolute Gasteiger partial charge is 0.346 e. The van der Waals surface area contributed by atoms with Gasteiger partial charge in [-0.2, -0.15) is 0 Å². The van der Waals surface area contributed by atoms with E-state index in [4.69, 9.17) is 32.7 Å². The minimum atomic E-state index is -0.334. The third-order valence-corrected chi connectivity index (χ3v) is 3.99. The molecule has 3 rings (SSSR count). The van der Waals surface area contributed by atoms with Crippen molar-refractivity contribution in [3.63, 3.8) is 0 Å². The lowest BCUT2D eigenvalue weighted by Gasteiger charge is -2.10. The van der Waals surface area contributed by atoms with Crippen LogP contribution in [0.3, 0.4) is 0 Å². The van der Waals surface area contributed by atoms with Gasteiger partial charge in [-0.25, -0.2) is 0 Å². The fourth-order valence-electron chi connectivity index (χ4n) is 2.15. The Morgan fingerprint density at radius 1 is 0.905 bits per heavy atom. The van der Waals surface area contributed by atoms with Crippen LogP contribution in [0.15, 0.2) is 42.5 Å². The molecule has 0 radical (unpaired) electrons. The molecule has 0 unspecified atom stereocenters. The van der Waals surface area contributed by atoms with Gasteiger partial charge in [0.25, 0.3) is 0 Å². The summed E-state index contributed by atoms with van der Waals surface area (Å²) in [6.45, 7) is 1.18. The number of halogens is 2. The number of rotatable bonds is 3. The van der Waals surface area contributed by atoms with E-state index in [-0.39, 0.29) is 12.1 Å². The predicted molar refractivity (Wildman–Crippen MR) is 81.0 cm³/mol. The summed E-state index contributed by atoms with van der Waals surface area (Å²) < 4.78 is 10.8. The molecule has 1 aliphatic rings. The highest BCUT2D eigenvalue weighted by Gasteiger charge is 2.18. The lowest BCUT2D eigenvalue weighted by molar-refractivity contribution is -0.0441. The molecular formula is C16H12Cl2O3. The fourth-order valence-corrected chi connectivity index (χ4v) is 2.44. The Kier molecular flexibility index (Phi) is 4.27. The quantitative estimate of drug-likeness (QED) is 0.791. The molecule has 2 aromatic carbocycles. The predicted octanol–water partition coefficient (Wildman–Crippen LogP) is 4.27. The molecule has 0 N–H and O–H groups in total. The van der Waals surface area contributed by atoms with E-state index < -0.39 is 0 Å². The average Bonchev–Trinajstić information content (AvgIpc) is 3.04. The van der Waals surface area contributed by atoms with E-state index in [2.05, 4.69) is 0 Å². The van der Waals surface area contributed by atoms with E-state index in [0.717, 1.165) is 5.56 Å². The molecule has 2 aromatic rings. The minimum Gasteiger partial charge on any atom is -0.346 e. The molecule has 5 heteroatoms. The van der Waals surface area contributed by atoms with Gasteiger partial charge in [-0.05, 0) is 18.2 Å². The first kappa shape index (κ1) is 14.5. The number of hydrogen-bond donors (Lipinski definition) is 0. The van der Waals surface area contributed by atoms with Crippen molar-refractivity contribution < 1.29 is 14.3 Å². The third-order valence-electron chi connectivity index (χ3n) is 3.25. The van der Waals surface area contributed by atoms with E-state index in [1.807, 2.05) is 12.1 Å². The molecule has 0 aromatic heterocycles. The summed E-state index contributed by atoms with van der Waals surface area (Å²) in [6.07, 6.45) is -0.334. The molecule has 3 nitrogen and oxygen atoms in total.